The van der Waals surface area contributed by atoms with Crippen LogP contribution in [0.5, 0.6) is 0 Å². The Hall–Kier alpha value is -6.76. The van der Waals surface area contributed by atoms with Crippen molar-refractivity contribution >= 4 is 67.8 Å². The van der Waals surface area contributed by atoms with Crippen LogP contribution in [0.4, 0.5) is 0 Å². The van der Waals surface area contributed by atoms with Crippen LogP contribution in [-0.4, -0.2) is 188 Å². The maximum Gasteiger partial charge on any atom is 0.261 e. The Morgan fingerprint density at radius 2 is 0.548 bits per heavy atom. The first-order valence-corrected chi connectivity index (χ1v) is 25.7. The number of carbonyl (C=O) groups is 6. The number of carbonyl (C=O) groups excluding carboxylic acids is 6. The van der Waals surface area contributed by atoms with E-state index in [4.69, 9.17) is 17.2 Å². The highest BCUT2D eigenvalue weighted by atomic mass is 16.2. The number of hydrogen-bond acceptors (Lipinski definition) is 13. The van der Waals surface area contributed by atoms with E-state index in [1.807, 2.05) is 72.8 Å². The predicted molar refractivity (Wildman–Crippen MR) is 285 cm³/mol. The molecule has 0 atom stereocenters. The lowest BCUT2D eigenvalue weighted by molar-refractivity contribution is 0.0560. The van der Waals surface area contributed by atoms with Gasteiger partial charge in [0, 0.05) is 154 Å². The molecule has 3 heterocycles. The van der Waals surface area contributed by atoms with Gasteiger partial charge in [0.1, 0.15) is 0 Å². The van der Waals surface area contributed by atoms with E-state index >= 15 is 0 Å². The molecule has 3 aliphatic heterocycles. The summed E-state index contributed by atoms with van der Waals surface area (Å²) in [7, 11) is 0. The molecular weight excluding hydrogens is 921 g/mol. The van der Waals surface area contributed by atoms with Crippen LogP contribution in [0.1, 0.15) is 81.4 Å². The molecule has 6 N–H and O–H groups in total. The molecule has 0 saturated carbocycles. The monoisotopic (exact) mass is 987 g/mol. The zero-order valence-corrected chi connectivity index (χ0v) is 41.6. The molecule has 0 unspecified atom stereocenters. The number of nitrogens with zero attached hydrogens (tertiary/aromatic N) is 7. The molecule has 0 fully saturated rings. The minimum absolute atomic E-state index is 0.175. The fourth-order valence-electron chi connectivity index (χ4n) is 10.8. The Bertz CT molecular complexity index is 2900. The lowest BCUT2D eigenvalue weighted by Crippen LogP contribution is -2.49. The van der Waals surface area contributed by atoms with Gasteiger partial charge in [0.15, 0.2) is 0 Å². The number of hydrogen-bond donors (Lipinski definition) is 3. The summed E-state index contributed by atoms with van der Waals surface area (Å²) < 4.78 is 0. The van der Waals surface area contributed by atoms with Crippen LogP contribution in [0, 0.1) is 0 Å². The topological polar surface area (TPSA) is 203 Å². The SMILES string of the molecule is NCCCCCN(CCN(CCN)CCN1C(=O)c2cccc3cccc(c23)C1=O)CCN(CCN(CCN)CCN1C(=O)c2cccc3cccc(c23)C1=O)CCN1C(=O)c2cccc3cccc(c23)C1=O. The van der Waals surface area contributed by atoms with Crippen LogP contribution in [0.25, 0.3) is 32.3 Å². The average molecular weight is 987 g/mol. The van der Waals surface area contributed by atoms with E-state index in [0.29, 0.717) is 141 Å². The van der Waals surface area contributed by atoms with Crippen molar-refractivity contribution in [2.45, 2.75) is 19.3 Å². The molecule has 6 amide bonds. The molecule has 0 aromatic heterocycles. The van der Waals surface area contributed by atoms with Crippen LogP contribution in [-0.2, 0) is 0 Å². The van der Waals surface area contributed by atoms with Gasteiger partial charge in [-0.05, 0) is 78.5 Å². The molecule has 380 valence electrons. The molecule has 6 aromatic carbocycles. The number of rotatable bonds is 27. The Kier molecular flexibility index (Phi) is 16.4. The first-order chi connectivity index (χ1) is 35.6. The van der Waals surface area contributed by atoms with Crippen molar-refractivity contribution in [3.8, 4) is 0 Å². The summed E-state index contributed by atoms with van der Waals surface area (Å²) in [6, 6.07) is 33.2. The van der Waals surface area contributed by atoms with Gasteiger partial charge in [-0.25, -0.2) is 0 Å². The van der Waals surface area contributed by atoms with Gasteiger partial charge in [-0.1, -0.05) is 79.2 Å². The molecule has 73 heavy (non-hydrogen) atoms. The molecule has 0 aliphatic carbocycles. The summed E-state index contributed by atoms with van der Waals surface area (Å²) in [5.74, 6) is -1.85. The van der Waals surface area contributed by atoms with Crippen LogP contribution in [0.3, 0.4) is 0 Å². The van der Waals surface area contributed by atoms with Crippen molar-refractivity contribution in [3.63, 3.8) is 0 Å². The van der Waals surface area contributed by atoms with Gasteiger partial charge in [0.25, 0.3) is 35.4 Å². The van der Waals surface area contributed by atoms with Crippen molar-refractivity contribution in [1.82, 2.24) is 34.3 Å². The number of unbranched alkanes of at least 4 members (excludes halogenated alkanes) is 2. The fourth-order valence-corrected chi connectivity index (χ4v) is 10.8. The van der Waals surface area contributed by atoms with Crippen molar-refractivity contribution < 1.29 is 28.8 Å². The largest absolute Gasteiger partial charge is 0.330 e. The highest BCUT2D eigenvalue weighted by Gasteiger charge is 2.36. The van der Waals surface area contributed by atoms with Crippen molar-refractivity contribution in [2.24, 2.45) is 17.2 Å². The zero-order valence-electron chi connectivity index (χ0n) is 41.6. The molecular formula is C57H66N10O6. The van der Waals surface area contributed by atoms with Gasteiger partial charge < -0.3 is 22.1 Å². The quantitative estimate of drug-likeness (QED) is 0.0479. The molecule has 0 saturated heterocycles. The minimum atomic E-state index is -0.317. The van der Waals surface area contributed by atoms with Gasteiger partial charge in [-0.2, -0.15) is 0 Å². The molecule has 6 aromatic rings. The van der Waals surface area contributed by atoms with E-state index in [0.717, 1.165) is 42.0 Å². The Balaban J connectivity index is 0.889. The summed E-state index contributed by atoms with van der Waals surface area (Å²) in [4.78, 5) is 96.4. The second-order valence-corrected chi connectivity index (χ2v) is 19.2. The third-order valence-corrected chi connectivity index (χ3v) is 14.8. The van der Waals surface area contributed by atoms with Gasteiger partial charge in [0.2, 0.25) is 0 Å². The Morgan fingerprint density at radius 1 is 0.288 bits per heavy atom. The van der Waals surface area contributed by atoms with E-state index in [1.54, 1.807) is 36.4 Å². The summed E-state index contributed by atoms with van der Waals surface area (Å²) >= 11 is 0. The van der Waals surface area contributed by atoms with Gasteiger partial charge >= 0.3 is 0 Å². The number of imide groups is 3. The Labute approximate surface area is 426 Å². The summed E-state index contributed by atoms with van der Waals surface area (Å²) in [5, 5.41) is 4.64. The standard InChI is InChI=1S/C57H66N10O6/c58-22-2-1-3-25-61(28-30-62(26-23-59)34-37-65-52(68)43-16-4-10-40-11-5-17-44(49(40)43)53(65)69)29-32-64(36-39-67-56(72)47-20-8-14-42-15-9-21-48(51(42)47)57(67)73)33-31-63(27-24-60)35-38-66-54(70)45-18-6-12-41-13-7-19-46(50(41)45)55(66)71/h4-21H,1-3,22-39,58-60H2. The molecule has 9 rings (SSSR count). The second kappa shape index (κ2) is 23.4. The summed E-state index contributed by atoms with van der Waals surface area (Å²) in [5.41, 5.74) is 21.4. The highest BCUT2D eigenvalue weighted by molar-refractivity contribution is 6.27. The first-order valence-electron chi connectivity index (χ1n) is 25.7. The molecule has 3 aliphatic rings. The molecule has 0 spiro atoms. The molecule has 0 bridgehead atoms. The molecule has 16 nitrogen and oxygen atoms in total. The van der Waals surface area contributed by atoms with Crippen LogP contribution < -0.4 is 17.2 Å². The van der Waals surface area contributed by atoms with E-state index in [2.05, 4.69) is 19.6 Å². The smallest absolute Gasteiger partial charge is 0.261 e. The number of nitrogens with two attached hydrogens (primary N) is 3. The number of amides is 6. The van der Waals surface area contributed by atoms with Crippen molar-refractivity contribution in [1.29, 1.82) is 0 Å². The molecule has 0 radical (unpaired) electrons. The van der Waals surface area contributed by atoms with Crippen molar-refractivity contribution in [3.05, 3.63) is 143 Å². The van der Waals surface area contributed by atoms with Gasteiger partial charge in [-0.3, -0.25) is 58.2 Å². The fraction of sp³-hybridized carbons (Fsp3) is 0.368. The summed E-state index contributed by atoms with van der Waals surface area (Å²) in [6.07, 6.45) is 2.83. The van der Waals surface area contributed by atoms with Crippen LogP contribution >= 0.6 is 0 Å². The lowest BCUT2D eigenvalue weighted by atomic mass is 9.94. The lowest BCUT2D eigenvalue weighted by Gasteiger charge is -2.34. The van der Waals surface area contributed by atoms with Crippen molar-refractivity contribution in [2.75, 3.05) is 118 Å². The predicted octanol–water partition coefficient (Wildman–Crippen LogP) is 4.59. The van der Waals surface area contributed by atoms with Crippen LogP contribution in [0.15, 0.2) is 109 Å². The van der Waals surface area contributed by atoms with E-state index in [1.165, 1.54) is 14.7 Å². The maximum atomic E-state index is 14.1. The average Bonchev–Trinajstić information content (AvgIpc) is 3.41. The van der Waals surface area contributed by atoms with E-state index < -0.39 is 0 Å². The third-order valence-electron chi connectivity index (χ3n) is 14.8. The van der Waals surface area contributed by atoms with Crippen LogP contribution in [0.2, 0.25) is 0 Å². The maximum absolute atomic E-state index is 14.1. The second-order valence-electron chi connectivity index (χ2n) is 19.2. The normalized spacial score (nSPS) is 14.6. The van der Waals surface area contributed by atoms with E-state index in [-0.39, 0.29) is 55.1 Å². The van der Waals surface area contributed by atoms with Gasteiger partial charge in [0.05, 0.1) is 0 Å². The highest BCUT2D eigenvalue weighted by Crippen LogP contribution is 2.32. The zero-order chi connectivity index (χ0) is 51.0. The summed E-state index contributed by atoms with van der Waals surface area (Å²) in [6.45, 7) is 8.90. The Morgan fingerprint density at radius 3 is 0.808 bits per heavy atom. The van der Waals surface area contributed by atoms with Gasteiger partial charge in [-0.15, -0.1) is 0 Å². The van der Waals surface area contributed by atoms with E-state index in [9.17, 15) is 28.8 Å². The number of benzene rings is 6. The third kappa shape index (κ3) is 10.8. The molecule has 16 heteroatoms. The first kappa shape index (κ1) is 51.2. The minimum Gasteiger partial charge on any atom is -0.330 e.